The molecule has 1 amide bonds. The molecule has 0 saturated heterocycles. The number of fused-ring (bicyclic) bond motifs is 2. The number of hydrogen-bond acceptors (Lipinski definition) is 6. The first kappa shape index (κ1) is 19.7. The van der Waals surface area contributed by atoms with E-state index in [4.69, 9.17) is 0 Å². The Labute approximate surface area is 193 Å². The number of pyridine rings is 3. The molecule has 1 aromatic carbocycles. The molecule has 9 nitrogen and oxygen atoms in total. The molecule has 3 N–H and O–H groups in total. The first-order valence-corrected chi connectivity index (χ1v) is 10.7. The molecule has 9 heteroatoms. The molecular formula is C25H18N8O. The van der Waals surface area contributed by atoms with Crippen molar-refractivity contribution in [1.29, 1.82) is 0 Å². The smallest absolute Gasteiger partial charge is 0.228 e. The number of H-pyrrole nitrogens is 2. The van der Waals surface area contributed by atoms with Gasteiger partial charge in [0.2, 0.25) is 5.91 Å². The summed E-state index contributed by atoms with van der Waals surface area (Å²) >= 11 is 0. The lowest BCUT2D eigenvalue weighted by Crippen LogP contribution is -2.14. The summed E-state index contributed by atoms with van der Waals surface area (Å²) in [5.41, 5.74) is 6.21. The van der Waals surface area contributed by atoms with Gasteiger partial charge in [-0.3, -0.25) is 19.9 Å². The molecule has 0 aliphatic heterocycles. The van der Waals surface area contributed by atoms with Crippen LogP contribution in [-0.2, 0) is 11.2 Å². The second kappa shape index (κ2) is 8.21. The SMILES string of the molecule is O=C(Cc1ccccc1)Nc1cncc(-c2cnc3[nH]nc(-c4nc5ccncc5[nH]4)c3c2)c1. The van der Waals surface area contributed by atoms with Crippen molar-refractivity contribution < 1.29 is 4.79 Å². The topological polar surface area (TPSA) is 125 Å². The number of carbonyl (C=O) groups is 1. The summed E-state index contributed by atoms with van der Waals surface area (Å²) in [7, 11) is 0. The van der Waals surface area contributed by atoms with Gasteiger partial charge in [0, 0.05) is 29.7 Å². The lowest BCUT2D eigenvalue weighted by Gasteiger charge is -2.07. The van der Waals surface area contributed by atoms with Gasteiger partial charge in [0.25, 0.3) is 0 Å². The Kier molecular flexibility index (Phi) is 4.77. The molecule has 0 atom stereocenters. The fourth-order valence-corrected chi connectivity index (χ4v) is 3.86. The first-order chi connectivity index (χ1) is 16.7. The maximum atomic E-state index is 12.5. The van der Waals surface area contributed by atoms with Crippen LogP contribution in [0.2, 0.25) is 0 Å². The van der Waals surface area contributed by atoms with Gasteiger partial charge < -0.3 is 10.3 Å². The second-order valence-electron chi connectivity index (χ2n) is 7.84. The Morgan fingerprint density at radius 2 is 1.82 bits per heavy atom. The highest BCUT2D eigenvalue weighted by Crippen LogP contribution is 2.29. The number of nitrogens with zero attached hydrogens (tertiary/aromatic N) is 5. The molecule has 0 bridgehead atoms. The van der Waals surface area contributed by atoms with Crippen LogP contribution in [-0.4, -0.2) is 41.0 Å². The Hall–Kier alpha value is -4.92. The van der Waals surface area contributed by atoms with Crippen LogP contribution in [0.5, 0.6) is 0 Å². The van der Waals surface area contributed by atoms with Gasteiger partial charge in [-0.05, 0) is 23.8 Å². The Balaban J connectivity index is 1.30. The molecule has 5 aromatic heterocycles. The van der Waals surface area contributed by atoms with Crippen LogP contribution in [0, 0.1) is 0 Å². The Morgan fingerprint density at radius 1 is 0.941 bits per heavy atom. The largest absolute Gasteiger partial charge is 0.335 e. The molecule has 0 radical (unpaired) electrons. The highest BCUT2D eigenvalue weighted by atomic mass is 16.1. The zero-order valence-electron chi connectivity index (χ0n) is 17.9. The van der Waals surface area contributed by atoms with E-state index in [1.54, 1.807) is 31.0 Å². The quantitative estimate of drug-likeness (QED) is 0.365. The van der Waals surface area contributed by atoms with Gasteiger partial charge in [-0.2, -0.15) is 5.10 Å². The summed E-state index contributed by atoms with van der Waals surface area (Å²) in [6, 6.07) is 15.3. The van der Waals surface area contributed by atoms with Gasteiger partial charge in [-0.1, -0.05) is 30.3 Å². The number of aromatic amines is 2. The number of amides is 1. The minimum atomic E-state index is -0.102. The number of benzene rings is 1. The molecule has 0 saturated carbocycles. The van der Waals surface area contributed by atoms with Crippen LogP contribution in [0.25, 0.3) is 44.7 Å². The summed E-state index contributed by atoms with van der Waals surface area (Å²) in [6.45, 7) is 0. The van der Waals surface area contributed by atoms with Crippen molar-refractivity contribution >= 4 is 33.7 Å². The van der Waals surface area contributed by atoms with Crippen molar-refractivity contribution in [2.75, 3.05) is 5.32 Å². The van der Waals surface area contributed by atoms with Crippen molar-refractivity contribution in [3.63, 3.8) is 0 Å². The molecule has 34 heavy (non-hydrogen) atoms. The molecule has 0 spiro atoms. The molecule has 0 fully saturated rings. The van der Waals surface area contributed by atoms with Gasteiger partial charge in [-0.15, -0.1) is 0 Å². The van der Waals surface area contributed by atoms with E-state index < -0.39 is 0 Å². The average Bonchev–Trinajstić information content (AvgIpc) is 3.48. The lowest BCUT2D eigenvalue weighted by molar-refractivity contribution is -0.115. The van der Waals surface area contributed by atoms with Crippen molar-refractivity contribution in [3.8, 4) is 22.6 Å². The van der Waals surface area contributed by atoms with Gasteiger partial charge in [-0.25, -0.2) is 9.97 Å². The second-order valence-corrected chi connectivity index (χ2v) is 7.84. The molecule has 0 aliphatic rings. The number of aromatic nitrogens is 7. The molecule has 164 valence electrons. The highest BCUT2D eigenvalue weighted by Gasteiger charge is 2.15. The molecule has 0 aliphatic carbocycles. The zero-order valence-corrected chi connectivity index (χ0v) is 17.9. The zero-order chi connectivity index (χ0) is 22.9. The van der Waals surface area contributed by atoms with E-state index in [2.05, 4.69) is 40.4 Å². The third kappa shape index (κ3) is 3.75. The summed E-state index contributed by atoms with van der Waals surface area (Å²) in [5, 5.41) is 11.1. The summed E-state index contributed by atoms with van der Waals surface area (Å²) in [6.07, 6.45) is 8.84. The molecule has 5 heterocycles. The van der Waals surface area contributed by atoms with Crippen LogP contribution in [0.3, 0.4) is 0 Å². The maximum Gasteiger partial charge on any atom is 0.228 e. The fraction of sp³-hybridized carbons (Fsp3) is 0.0400. The van der Waals surface area contributed by atoms with Crippen molar-refractivity contribution in [2.45, 2.75) is 6.42 Å². The third-order valence-corrected chi connectivity index (χ3v) is 5.49. The molecule has 6 rings (SSSR count). The van der Waals surface area contributed by atoms with Crippen LogP contribution in [0.15, 0.2) is 79.5 Å². The molecule has 6 aromatic rings. The van der Waals surface area contributed by atoms with E-state index in [-0.39, 0.29) is 5.91 Å². The maximum absolute atomic E-state index is 12.5. The number of hydrogen-bond donors (Lipinski definition) is 3. The van der Waals surface area contributed by atoms with Crippen LogP contribution in [0.4, 0.5) is 5.69 Å². The first-order valence-electron chi connectivity index (χ1n) is 10.7. The number of nitrogens with one attached hydrogen (secondary N) is 3. The van der Waals surface area contributed by atoms with Crippen molar-refractivity contribution in [2.24, 2.45) is 0 Å². The average molecular weight is 446 g/mol. The van der Waals surface area contributed by atoms with Gasteiger partial charge in [0.15, 0.2) is 11.5 Å². The van der Waals surface area contributed by atoms with E-state index in [1.165, 1.54) is 0 Å². The van der Waals surface area contributed by atoms with Crippen LogP contribution in [0.1, 0.15) is 5.56 Å². The summed E-state index contributed by atoms with van der Waals surface area (Å²) in [5.74, 6) is 0.531. The van der Waals surface area contributed by atoms with Gasteiger partial charge in [0.05, 0.1) is 40.9 Å². The van der Waals surface area contributed by atoms with E-state index in [9.17, 15) is 4.79 Å². The summed E-state index contributed by atoms with van der Waals surface area (Å²) < 4.78 is 0. The van der Waals surface area contributed by atoms with Crippen molar-refractivity contribution in [1.82, 2.24) is 35.1 Å². The highest BCUT2D eigenvalue weighted by molar-refractivity contribution is 5.95. The summed E-state index contributed by atoms with van der Waals surface area (Å²) in [4.78, 5) is 33.3. The number of anilines is 1. The van der Waals surface area contributed by atoms with Crippen LogP contribution < -0.4 is 5.32 Å². The van der Waals surface area contributed by atoms with Gasteiger partial charge >= 0.3 is 0 Å². The van der Waals surface area contributed by atoms with E-state index in [1.807, 2.05) is 48.5 Å². The number of rotatable bonds is 5. The third-order valence-electron chi connectivity index (χ3n) is 5.49. The van der Waals surface area contributed by atoms with Crippen molar-refractivity contribution in [3.05, 3.63) is 85.1 Å². The van der Waals surface area contributed by atoms with Crippen LogP contribution >= 0.6 is 0 Å². The minimum absolute atomic E-state index is 0.102. The Bertz CT molecular complexity index is 1600. The predicted molar refractivity (Wildman–Crippen MR) is 129 cm³/mol. The number of carbonyl (C=O) groups excluding carboxylic acids is 1. The standard InChI is InChI=1S/C25H18N8O/c34-22(8-15-4-2-1-3-5-15)29-18-9-16(11-27-13-18)17-10-19-23(32-33-24(19)28-12-17)25-30-20-6-7-26-14-21(20)31-25/h1-7,9-14H,8H2,(H,29,34)(H,30,31)(H,28,32,33). The molecular weight excluding hydrogens is 428 g/mol. The van der Waals surface area contributed by atoms with Gasteiger partial charge in [0.1, 0.15) is 5.69 Å². The van der Waals surface area contributed by atoms with E-state index in [0.29, 0.717) is 29.3 Å². The molecule has 0 unspecified atom stereocenters. The predicted octanol–water partition coefficient (Wildman–Crippen LogP) is 4.14. The minimum Gasteiger partial charge on any atom is -0.335 e. The normalized spacial score (nSPS) is 11.2. The fourth-order valence-electron chi connectivity index (χ4n) is 3.86. The Morgan fingerprint density at radius 3 is 2.71 bits per heavy atom. The van der Waals surface area contributed by atoms with E-state index in [0.717, 1.165) is 33.1 Å². The number of imidazole rings is 1. The lowest BCUT2D eigenvalue weighted by atomic mass is 10.1. The van der Waals surface area contributed by atoms with E-state index >= 15 is 0 Å². The monoisotopic (exact) mass is 446 g/mol.